The van der Waals surface area contributed by atoms with Gasteiger partial charge in [-0.2, -0.15) is 4.98 Å². The lowest BCUT2D eigenvalue weighted by molar-refractivity contribution is 0.936. The third kappa shape index (κ3) is 2.58. The van der Waals surface area contributed by atoms with Gasteiger partial charge in [0, 0.05) is 11.9 Å². The van der Waals surface area contributed by atoms with Gasteiger partial charge in [0.2, 0.25) is 5.95 Å². The maximum Gasteiger partial charge on any atom is 0.243 e. The minimum Gasteiger partial charge on any atom is -0.347 e. The van der Waals surface area contributed by atoms with Crippen molar-refractivity contribution >= 4 is 27.5 Å². The monoisotopic (exact) mass is 317 g/mol. The summed E-state index contributed by atoms with van der Waals surface area (Å²) in [5.41, 5.74) is 2.77. The van der Waals surface area contributed by atoms with Crippen LogP contribution in [-0.4, -0.2) is 19.6 Å². The molecule has 96 valence electrons. The summed E-state index contributed by atoms with van der Waals surface area (Å²) in [5, 5.41) is 7.53. The minimum atomic E-state index is 0.593. The molecule has 3 rings (SSSR count). The van der Waals surface area contributed by atoms with Crippen molar-refractivity contribution in [3.05, 3.63) is 52.4 Å². The fourth-order valence-electron chi connectivity index (χ4n) is 1.82. The highest BCUT2D eigenvalue weighted by atomic mass is 79.9. The number of anilines is 1. The summed E-state index contributed by atoms with van der Waals surface area (Å²) >= 11 is 3.45. The molecule has 0 bridgehead atoms. The van der Waals surface area contributed by atoms with Gasteiger partial charge in [0.15, 0.2) is 5.65 Å². The molecule has 0 fully saturated rings. The molecule has 0 radical (unpaired) electrons. The smallest absolute Gasteiger partial charge is 0.243 e. The van der Waals surface area contributed by atoms with Crippen LogP contribution in [-0.2, 0) is 6.54 Å². The Morgan fingerprint density at radius 1 is 1.21 bits per heavy atom. The fourth-order valence-corrected chi connectivity index (χ4v) is 2.24. The molecular formula is C13H12BrN5. The van der Waals surface area contributed by atoms with E-state index in [0.29, 0.717) is 12.5 Å². The van der Waals surface area contributed by atoms with Crippen LogP contribution >= 0.6 is 15.9 Å². The van der Waals surface area contributed by atoms with Crippen LogP contribution in [0.4, 0.5) is 5.95 Å². The predicted molar refractivity (Wildman–Crippen MR) is 77.0 cm³/mol. The van der Waals surface area contributed by atoms with Gasteiger partial charge in [-0.05, 0) is 47.1 Å². The predicted octanol–water partition coefficient (Wildman–Crippen LogP) is 2.81. The number of hydrogen-bond donors (Lipinski definition) is 1. The molecule has 1 N–H and O–H groups in total. The Bertz CT molecular complexity index is 722. The molecule has 0 amide bonds. The number of aryl methyl sites for hydroxylation is 1. The highest BCUT2D eigenvalue weighted by molar-refractivity contribution is 9.10. The van der Waals surface area contributed by atoms with Gasteiger partial charge in [0.1, 0.15) is 0 Å². The Morgan fingerprint density at radius 3 is 2.89 bits per heavy atom. The molecule has 0 saturated carbocycles. The van der Waals surface area contributed by atoms with E-state index in [-0.39, 0.29) is 0 Å². The van der Waals surface area contributed by atoms with Crippen molar-refractivity contribution in [1.29, 1.82) is 0 Å². The second kappa shape index (κ2) is 4.97. The largest absolute Gasteiger partial charge is 0.347 e. The van der Waals surface area contributed by atoms with E-state index in [1.807, 2.05) is 43.5 Å². The third-order valence-corrected chi connectivity index (χ3v) is 3.31. The first kappa shape index (κ1) is 12.1. The molecule has 6 heteroatoms. The topological polar surface area (TPSA) is 55.1 Å². The SMILES string of the molecule is Cc1cccc(CNc2nc3c(Br)cccn3n2)n1. The lowest BCUT2D eigenvalue weighted by atomic mass is 10.3. The van der Waals surface area contributed by atoms with E-state index < -0.39 is 0 Å². The zero-order chi connectivity index (χ0) is 13.2. The van der Waals surface area contributed by atoms with Crippen LogP contribution < -0.4 is 5.32 Å². The van der Waals surface area contributed by atoms with Crippen molar-refractivity contribution in [1.82, 2.24) is 19.6 Å². The van der Waals surface area contributed by atoms with Crippen molar-refractivity contribution in [2.24, 2.45) is 0 Å². The normalized spacial score (nSPS) is 10.8. The zero-order valence-electron chi connectivity index (χ0n) is 10.3. The number of halogens is 1. The summed E-state index contributed by atoms with van der Waals surface area (Å²) in [6.07, 6.45) is 1.86. The number of pyridine rings is 2. The summed E-state index contributed by atoms with van der Waals surface area (Å²) in [7, 11) is 0. The van der Waals surface area contributed by atoms with Crippen molar-refractivity contribution in [3.63, 3.8) is 0 Å². The van der Waals surface area contributed by atoms with E-state index in [2.05, 4.69) is 36.3 Å². The van der Waals surface area contributed by atoms with Crippen LogP contribution in [0.15, 0.2) is 41.0 Å². The van der Waals surface area contributed by atoms with Crippen molar-refractivity contribution in [2.75, 3.05) is 5.32 Å². The second-order valence-electron chi connectivity index (χ2n) is 4.18. The summed E-state index contributed by atoms with van der Waals surface area (Å²) in [5.74, 6) is 0.593. The van der Waals surface area contributed by atoms with E-state index in [1.54, 1.807) is 4.52 Å². The van der Waals surface area contributed by atoms with Crippen LogP contribution in [0, 0.1) is 6.92 Å². The molecule has 0 aliphatic heterocycles. The summed E-state index contributed by atoms with van der Waals surface area (Å²) in [4.78, 5) is 8.84. The second-order valence-corrected chi connectivity index (χ2v) is 5.04. The first-order valence-electron chi connectivity index (χ1n) is 5.90. The Balaban J connectivity index is 1.80. The van der Waals surface area contributed by atoms with Crippen LogP contribution in [0.5, 0.6) is 0 Å². The molecule has 0 spiro atoms. The molecule has 0 unspecified atom stereocenters. The summed E-state index contributed by atoms with van der Waals surface area (Å²) < 4.78 is 2.65. The Labute approximate surface area is 118 Å². The maximum absolute atomic E-state index is 4.43. The number of hydrogen-bond acceptors (Lipinski definition) is 4. The van der Waals surface area contributed by atoms with Crippen molar-refractivity contribution in [3.8, 4) is 0 Å². The molecular weight excluding hydrogens is 306 g/mol. The van der Waals surface area contributed by atoms with E-state index in [0.717, 1.165) is 21.5 Å². The van der Waals surface area contributed by atoms with Gasteiger partial charge in [-0.25, -0.2) is 4.52 Å². The maximum atomic E-state index is 4.43. The van der Waals surface area contributed by atoms with Gasteiger partial charge in [-0.15, -0.1) is 5.10 Å². The lowest BCUT2D eigenvalue weighted by Gasteiger charge is -2.01. The number of fused-ring (bicyclic) bond motifs is 1. The number of nitrogens with one attached hydrogen (secondary N) is 1. The first-order chi connectivity index (χ1) is 9.22. The molecule has 0 saturated heterocycles. The van der Waals surface area contributed by atoms with Gasteiger partial charge >= 0.3 is 0 Å². The quantitative estimate of drug-likeness (QED) is 0.807. The van der Waals surface area contributed by atoms with Crippen LogP contribution in [0.2, 0.25) is 0 Å². The summed E-state index contributed by atoms with van der Waals surface area (Å²) in [6, 6.07) is 9.80. The number of rotatable bonds is 3. The van der Waals surface area contributed by atoms with Gasteiger partial charge < -0.3 is 5.32 Å². The molecule has 5 nitrogen and oxygen atoms in total. The molecule has 0 aromatic carbocycles. The number of aromatic nitrogens is 4. The molecule has 3 heterocycles. The molecule has 19 heavy (non-hydrogen) atoms. The van der Waals surface area contributed by atoms with Gasteiger partial charge in [0.25, 0.3) is 0 Å². The van der Waals surface area contributed by atoms with Crippen LogP contribution in [0.3, 0.4) is 0 Å². The Morgan fingerprint density at radius 2 is 2.11 bits per heavy atom. The van der Waals surface area contributed by atoms with Crippen molar-refractivity contribution in [2.45, 2.75) is 13.5 Å². The first-order valence-corrected chi connectivity index (χ1v) is 6.69. The Kier molecular flexibility index (Phi) is 3.16. The zero-order valence-corrected chi connectivity index (χ0v) is 11.9. The Hall–Kier alpha value is -1.95. The highest BCUT2D eigenvalue weighted by Gasteiger charge is 2.05. The molecule has 0 aliphatic carbocycles. The van der Waals surface area contributed by atoms with Crippen LogP contribution in [0.1, 0.15) is 11.4 Å². The average Bonchev–Trinajstić information content (AvgIpc) is 2.81. The fraction of sp³-hybridized carbons (Fsp3) is 0.154. The van der Waals surface area contributed by atoms with E-state index in [1.165, 1.54) is 0 Å². The lowest BCUT2D eigenvalue weighted by Crippen LogP contribution is -2.03. The molecule has 0 atom stereocenters. The third-order valence-electron chi connectivity index (χ3n) is 2.69. The highest BCUT2D eigenvalue weighted by Crippen LogP contribution is 2.16. The molecule has 0 aliphatic rings. The van der Waals surface area contributed by atoms with Crippen molar-refractivity contribution < 1.29 is 0 Å². The van der Waals surface area contributed by atoms with Gasteiger partial charge in [-0.1, -0.05) is 6.07 Å². The number of nitrogens with zero attached hydrogens (tertiary/aromatic N) is 4. The van der Waals surface area contributed by atoms with E-state index >= 15 is 0 Å². The summed E-state index contributed by atoms with van der Waals surface area (Å²) in [6.45, 7) is 2.58. The molecule has 3 aromatic rings. The standard InChI is InChI=1S/C13H12BrN5/c1-9-4-2-5-10(16-9)8-15-13-17-12-11(14)6-3-7-19(12)18-13/h2-7H,8H2,1H3,(H,15,18). The van der Waals surface area contributed by atoms with Crippen LogP contribution in [0.25, 0.3) is 5.65 Å². The van der Waals surface area contributed by atoms with E-state index in [4.69, 9.17) is 0 Å². The van der Waals surface area contributed by atoms with Gasteiger partial charge in [0.05, 0.1) is 16.7 Å². The van der Waals surface area contributed by atoms with Gasteiger partial charge in [-0.3, -0.25) is 4.98 Å². The van der Waals surface area contributed by atoms with E-state index in [9.17, 15) is 0 Å². The average molecular weight is 318 g/mol. The molecule has 3 aromatic heterocycles. The minimum absolute atomic E-state index is 0.593.